The molecule has 3 aliphatic rings. The van der Waals surface area contributed by atoms with Crippen LogP contribution in [-0.4, -0.2) is 71.8 Å². The summed E-state index contributed by atoms with van der Waals surface area (Å²) in [5, 5.41) is 20.3. The number of methoxy groups -OCH3 is 1. The third kappa shape index (κ3) is 7.53. The number of carbonyl (C=O) groups is 3. The van der Waals surface area contributed by atoms with Gasteiger partial charge in [-0.05, 0) is 36.6 Å². The Morgan fingerprint density at radius 3 is 2.27 bits per heavy atom. The number of rotatable bonds is 11. The molecular weight excluding hydrogens is 705 g/mol. The van der Waals surface area contributed by atoms with Gasteiger partial charge in [-0.3, -0.25) is 9.59 Å². The first kappa shape index (κ1) is 35.6. The average molecular weight is 745 g/mol. The second-order valence-electron chi connectivity index (χ2n) is 13.3. The molecule has 3 atom stereocenters. The van der Waals surface area contributed by atoms with E-state index in [1.54, 1.807) is 12.1 Å². The predicted molar refractivity (Wildman–Crippen MR) is 199 cm³/mol. The zero-order valence-electron chi connectivity index (χ0n) is 28.6. The first-order chi connectivity index (χ1) is 25.2. The van der Waals surface area contributed by atoms with Crippen LogP contribution in [0.5, 0.6) is 11.6 Å². The summed E-state index contributed by atoms with van der Waals surface area (Å²) in [6, 6.07) is 21.3. The van der Waals surface area contributed by atoms with Crippen molar-refractivity contribution in [1.82, 2.24) is 25.8 Å². The number of nitrogens with one attached hydrogen (secondary N) is 3. The van der Waals surface area contributed by atoms with Crippen molar-refractivity contribution in [2.45, 2.75) is 56.8 Å². The van der Waals surface area contributed by atoms with Crippen LogP contribution >= 0.6 is 23.2 Å². The van der Waals surface area contributed by atoms with Gasteiger partial charge < -0.3 is 35.4 Å². The highest BCUT2D eigenvalue weighted by Crippen LogP contribution is 2.44. The molecule has 270 valence electrons. The number of fused-ring (bicyclic) bond motifs is 1. The zero-order chi connectivity index (χ0) is 36.4. The van der Waals surface area contributed by atoms with E-state index in [1.807, 2.05) is 42.5 Å². The number of carboxylic acid groups (broad SMARTS) is 1. The predicted octanol–water partition coefficient (Wildman–Crippen LogP) is 6.85. The number of nitrogens with zero attached hydrogens (tertiary/aromatic N) is 2. The quantitative estimate of drug-likeness (QED) is 0.131. The molecule has 2 fully saturated rings. The highest BCUT2D eigenvalue weighted by molar-refractivity contribution is 6.39. The standard InChI is InChI=1S/C39H39Cl2N5O6/c1-51-38-23(20-46(39(49)50)21-25-11-15-35(48)44-25)9-13-32(45-38)30-7-3-6-28(37(30)41)27-5-2-4-26(36(27)40)22-8-12-29-31(16-17-52-33(29)18-22)42-19-24-10-14-34(47)43-24/h2-9,12-13,18,24-25,31,42H,10-11,14-17,19-21H2,1H3,(H,43,47)(H,44,48)(H,49,50)/t24-,25-,31?/m0/s1. The third-order valence-corrected chi connectivity index (χ3v) is 10.7. The molecular formula is C39H39Cl2N5O6. The van der Waals surface area contributed by atoms with Crippen LogP contribution in [0.4, 0.5) is 4.79 Å². The summed E-state index contributed by atoms with van der Waals surface area (Å²) in [5.74, 6) is 1.11. The lowest BCUT2D eigenvalue weighted by Gasteiger charge is -2.28. The van der Waals surface area contributed by atoms with Gasteiger partial charge >= 0.3 is 6.09 Å². The van der Waals surface area contributed by atoms with E-state index in [4.69, 9.17) is 37.7 Å². The molecule has 52 heavy (non-hydrogen) atoms. The molecule has 1 unspecified atom stereocenters. The molecule has 3 aliphatic heterocycles. The molecule has 11 nitrogen and oxygen atoms in total. The Balaban J connectivity index is 1.12. The van der Waals surface area contributed by atoms with Crippen LogP contribution in [0.2, 0.25) is 10.0 Å². The van der Waals surface area contributed by atoms with Crippen molar-refractivity contribution in [1.29, 1.82) is 0 Å². The van der Waals surface area contributed by atoms with Gasteiger partial charge in [-0.25, -0.2) is 9.78 Å². The topological polar surface area (TPSA) is 142 Å². The van der Waals surface area contributed by atoms with Crippen molar-refractivity contribution >= 4 is 41.1 Å². The summed E-state index contributed by atoms with van der Waals surface area (Å²) in [6.07, 6.45) is 2.13. The highest BCUT2D eigenvalue weighted by Gasteiger charge is 2.28. The maximum atomic E-state index is 12.1. The van der Waals surface area contributed by atoms with E-state index in [-0.39, 0.29) is 48.9 Å². The normalized spacial score (nSPS) is 19.4. The Morgan fingerprint density at radius 1 is 0.923 bits per heavy atom. The summed E-state index contributed by atoms with van der Waals surface area (Å²) >= 11 is 14.2. The lowest BCUT2D eigenvalue weighted by atomic mass is 9.94. The van der Waals surface area contributed by atoms with Gasteiger partial charge in [0.2, 0.25) is 17.7 Å². The van der Waals surface area contributed by atoms with E-state index in [0.717, 1.165) is 46.4 Å². The number of aromatic nitrogens is 1. The molecule has 0 aliphatic carbocycles. The molecule has 3 aromatic carbocycles. The monoisotopic (exact) mass is 743 g/mol. The molecule has 4 N–H and O–H groups in total. The average Bonchev–Trinajstić information content (AvgIpc) is 3.77. The number of carbonyl (C=O) groups excluding carboxylic acids is 2. The number of pyridine rings is 1. The molecule has 13 heteroatoms. The van der Waals surface area contributed by atoms with Crippen molar-refractivity contribution in [3.05, 3.63) is 87.9 Å². The van der Waals surface area contributed by atoms with Gasteiger partial charge in [0.25, 0.3) is 0 Å². The van der Waals surface area contributed by atoms with Crippen molar-refractivity contribution in [3.8, 4) is 45.1 Å². The van der Waals surface area contributed by atoms with Crippen LogP contribution in [-0.2, 0) is 16.1 Å². The van der Waals surface area contributed by atoms with E-state index in [1.165, 1.54) is 12.0 Å². The second kappa shape index (κ2) is 15.4. The van der Waals surface area contributed by atoms with Gasteiger partial charge in [0.05, 0.1) is 36.0 Å². The van der Waals surface area contributed by atoms with Crippen LogP contribution in [0, 0.1) is 0 Å². The largest absolute Gasteiger partial charge is 0.493 e. The number of hydrogen-bond donors (Lipinski definition) is 4. The summed E-state index contributed by atoms with van der Waals surface area (Å²) in [6.45, 7) is 1.50. The number of amides is 3. The van der Waals surface area contributed by atoms with E-state index in [9.17, 15) is 19.5 Å². The van der Waals surface area contributed by atoms with Gasteiger partial charge in [0.15, 0.2) is 0 Å². The molecule has 3 amide bonds. The molecule has 0 bridgehead atoms. The minimum Gasteiger partial charge on any atom is -0.493 e. The van der Waals surface area contributed by atoms with E-state index >= 15 is 0 Å². The Morgan fingerprint density at radius 2 is 1.60 bits per heavy atom. The fourth-order valence-electron chi connectivity index (χ4n) is 7.20. The maximum absolute atomic E-state index is 12.1. The fraction of sp³-hybridized carbons (Fsp3) is 0.333. The van der Waals surface area contributed by atoms with Crippen LogP contribution in [0.1, 0.15) is 49.3 Å². The maximum Gasteiger partial charge on any atom is 0.407 e. The van der Waals surface area contributed by atoms with E-state index in [0.29, 0.717) is 59.3 Å². The molecule has 2 saturated heterocycles. The molecule has 7 rings (SSSR count). The first-order valence-electron chi connectivity index (χ1n) is 17.4. The Bertz CT molecular complexity index is 2030. The number of halogens is 2. The van der Waals surface area contributed by atoms with Crippen LogP contribution in [0.25, 0.3) is 33.5 Å². The molecule has 4 heterocycles. The smallest absolute Gasteiger partial charge is 0.407 e. The Labute approximate surface area is 311 Å². The van der Waals surface area contributed by atoms with Crippen molar-refractivity contribution in [2.24, 2.45) is 0 Å². The molecule has 4 aromatic rings. The Hall–Kier alpha value is -4.84. The first-order valence-corrected chi connectivity index (χ1v) is 18.1. The molecule has 1 aromatic heterocycles. The van der Waals surface area contributed by atoms with Crippen LogP contribution in [0.15, 0.2) is 66.7 Å². The lowest BCUT2D eigenvalue weighted by Crippen LogP contribution is -2.41. The molecule has 0 radical (unpaired) electrons. The summed E-state index contributed by atoms with van der Waals surface area (Å²) in [7, 11) is 1.49. The van der Waals surface area contributed by atoms with Crippen LogP contribution in [0.3, 0.4) is 0 Å². The summed E-state index contributed by atoms with van der Waals surface area (Å²) in [5.41, 5.74) is 6.09. The minimum atomic E-state index is -1.10. The number of ether oxygens (including phenoxy) is 2. The van der Waals surface area contributed by atoms with Crippen molar-refractivity contribution < 1.29 is 29.0 Å². The third-order valence-electron chi connectivity index (χ3n) is 9.91. The van der Waals surface area contributed by atoms with Gasteiger partial charge in [0, 0.05) is 83.9 Å². The van der Waals surface area contributed by atoms with Crippen LogP contribution < -0.4 is 25.4 Å². The van der Waals surface area contributed by atoms with Gasteiger partial charge in [-0.1, -0.05) is 71.7 Å². The Kier molecular flexibility index (Phi) is 10.5. The van der Waals surface area contributed by atoms with Crippen molar-refractivity contribution in [2.75, 3.05) is 26.8 Å². The minimum absolute atomic E-state index is 0.0410. The van der Waals surface area contributed by atoms with E-state index < -0.39 is 6.09 Å². The van der Waals surface area contributed by atoms with Gasteiger partial charge in [0.1, 0.15) is 5.75 Å². The zero-order valence-corrected chi connectivity index (χ0v) is 30.1. The molecule has 0 spiro atoms. The lowest BCUT2D eigenvalue weighted by molar-refractivity contribution is -0.120. The van der Waals surface area contributed by atoms with Gasteiger partial charge in [-0.2, -0.15) is 0 Å². The number of hydrogen-bond acceptors (Lipinski definition) is 7. The highest BCUT2D eigenvalue weighted by atomic mass is 35.5. The van der Waals surface area contributed by atoms with E-state index in [2.05, 4.69) is 28.1 Å². The van der Waals surface area contributed by atoms with Crippen molar-refractivity contribution in [3.63, 3.8) is 0 Å². The van der Waals surface area contributed by atoms with Gasteiger partial charge in [-0.15, -0.1) is 0 Å². The summed E-state index contributed by atoms with van der Waals surface area (Å²) < 4.78 is 11.7. The second-order valence-corrected chi connectivity index (χ2v) is 14.1. The summed E-state index contributed by atoms with van der Waals surface area (Å²) in [4.78, 5) is 41.3. The number of benzene rings is 3. The molecule has 0 saturated carbocycles. The fourth-order valence-corrected chi connectivity index (χ4v) is 7.86. The SMILES string of the molecule is COc1nc(-c2cccc(-c3cccc(-c4ccc5c(c4)OCCC5NC[C@@H]4CCC(=O)N4)c3Cl)c2Cl)ccc1CN(C[C@@H]1CCC(=O)N1)C(=O)O.